The third kappa shape index (κ3) is 4.53. The molecule has 112 valence electrons. The maximum absolute atomic E-state index is 12.9. The summed E-state index contributed by atoms with van der Waals surface area (Å²) in [6.07, 6.45) is -0.0567. The SMILES string of the molecule is CC(C)Oc1nc(Cl)nc(N(C)Cc2ccc(F)cc2)n1. The smallest absolute Gasteiger partial charge is 0.322 e. The standard InChI is InChI=1S/C14H16ClFN4O/c1-9(2)21-14-18-12(15)17-13(19-14)20(3)8-10-4-6-11(16)7-5-10/h4-7,9H,8H2,1-3H3. The third-order valence-electron chi connectivity index (χ3n) is 2.59. The van der Waals surface area contributed by atoms with Crippen LogP contribution >= 0.6 is 11.6 Å². The topological polar surface area (TPSA) is 51.1 Å². The quantitative estimate of drug-likeness (QED) is 0.849. The van der Waals surface area contributed by atoms with Crippen molar-refractivity contribution in [3.63, 3.8) is 0 Å². The minimum Gasteiger partial charge on any atom is -0.461 e. The lowest BCUT2D eigenvalue weighted by molar-refractivity contribution is 0.221. The molecule has 5 nitrogen and oxygen atoms in total. The zero-order chi connectivity index (χ0) is 15.4. The number of ether oxygens (including phenoxy) is 1. The minimum atomic E-state index is -0.266. The molecule has 0 amide bonds. The molecular weight excluding hydrogens is 295 g/mol. The predicted molar refractivity (Wildman–Crippen MR) is 79.1 cm³/mol. The number of rotatable bonds is 5. The Labute approximate surface area is 127 Å². The van der Waals surface area contributed by atoms with Crippen LogP contribution in [0.25, 0.3) is 0 Å². The van der Waals surface area contributed by atoms with E-state index in [1.807, 2.05) is 20.9 Å². The number of halogens is 2. The summed E-state index contributed by atoms with van der Waals surface area (Å²) < 4.78 is 18.3. The van der Waals surface area contributed by atoms with Crippen molar-refractivity contribution in [2.75, 3.05) is 11.9 Å². The Morgan fingerprint density at radius 1 is 1.19 bits per heavy atom. The normalized spacial score (nSPS) is 10.8. The summed E-state index contributed by atoms with van der Waals surface area (Å²) in [5.41, 5.74) is 0.932. The molecule has 1 aromatic heterocycles. The van der Waals surface area contributed by atoms with Gasteiger partial charge in [-0.25, -0.2) is 4.39 Å². The van der Waals surface area contributed by atoms with Crippen molar-refractivity contribution in [1.29, 1.82) is 0 Å². The van der Waals surface area contributed by atoms with Gasteiger partial charge in [0.1, 0.15) is 5.82 Å². The van der Waals surface area contributed by atoms with Crippen LogP contribution in [0.2, 0.25) is 5.28 Å². The molecule has 0 aliphatic carbocycles. The van der Waals surface area contributed by atoms with Gasteiger partial charge in [-0.05, 0) is 43.1 Å². The minimum absolute atomic E-state index is 0.0567. The first-order valence-corrected chi connectivity index (χ1v) is 6.85. The molecule has 0 spiro atoms. The number of hydrogen-bond acceptors (Lipinski definition) is 5. The first kappa shape index (κ1) is 15.4. The fourth-order valence-corrected chi connectivity index (χ4v) is 1.84. The van der Waals surface area contributed by atoms with E-state index in [0.29, 0.717) is 12.5 Å². The number of nitrogens with zero attached hydrogens (tertiary/aromatic N) is 4. The van der Waals surface area contributed by atoms with Crippen molar-refractivity contribution in [2.24, 2.45) is 0 Å². The van der Waals surface area contributed by atoms with Crippen molar-refractivity contribution in [3.8, 4) is 6.01 Å². The maximum Gasteiger partial charge on any atom is 0.322 e. The number of aromatic nitrogens is 3. The van der Waals surface area contributed by atoms with Crippen LogP contribution < -0.4 is 9.64 Å². The van der Waals surface area contributed by atoms with E-state index in [-0.39, 0.29) is 23.2 Å². The molecule has 0 atom stereocenters. The molecule has 2 rings (SSSR count). The average molecular weight is 311 g/mol. The average Bonchev–Trinajstić information content (AvgIpc) is 2.40. The Kier molecular flexibility index (Phi) is 4.90. The summed E-state index contributed by atoms with van der Waals surface area (Å²) in [5, 5.41) is 0.0709. The third-order valence-corrected chi connectivity index (χ3v) is 2.76. The van der Waals surface area contributed by atoms with Gasteiger partial charge in [0.15, 0.2) is 0 Å². The van der Waals surface area contributed by atoms with Crippen LogP contribution in [0, 0.1) is 5.82 Å². The fraction of sp³-hybridized carbons (Fsp3) is 0.357. The molecule has 0 bridgehead atoms. The summed E-state index contributed by atoms with van der Waals surface area (Å²) in [6.45, 7) is 4.26. The van der Waals surface area contributed by atoms with Gasteiger partial charge in [-0.3, -0.25) is 0 Å². The second kappa shape index (κ2) is 6.67. The lowest BCUT2D eigenvalue weighted by Crippen LogP contribution is -2.20. The van der Waals surface area contributed by atoms with E-state index in [4.69, 9.17) is 16.3 Å². The summed E-state index contributed by atoms with van der Waals surface area (Å²) in [7, 11) is 1.81. The summed E-state index contributed by atoms with van der Waals surface area (Å²) in [5.74, 6) is 0.132. The molecule has 2 aromatic rings. The van der Waals surface area contributed by atoms with Gasteiger partial charge in [-0.15, -0.1) is 0 Å². The molecule has 21 heavy (non-hydrogen) atoms. The molecule has 0 saturated carbocycles. The molecule has 0 saturated heterocycles. The Morgan fingerprint density at radius 2 is 1.86 bits per heavy atom. The number of anilines is 1. The molecule has 1 heterocycles. The summed E-state index contributed by atoms with van der Waals surface area (Å²) in [4.78, 5) is 14.0. The fourth-order valence-electron chi connectivity index (χ4n) is 1.69. The summed E-state index contributed by atoms with van der Waals surface area (Å²) in [6, 6.07) is 6.43. The molecule has 0 fully saturated rings. The van der Waals surface area contributed by atoms with E-state index in [0.717, 1.165) is 5.56 Å². The van der Waals surface area contributed by atoms with Crippen molar-refractivity contribution in [1.82, 2.24) is 15.0 Å². The molecule has 0 N–H and O–H groups in total. The van der Waals surface area contributed by atoms with Gasteiger partial charge in [0.25, 0.3) is 0 Å². The van der Waals surface area contributed by atoms with E-state index in [1.54, 1.807) is 17.0 Å². The van der Waals surface area contributed by atoms with Crippen molar-refractivity contribution in [3.05, 3.63) is 40.9 Å². The van der Waals surface area contributed by atoms with Crippen molar-refractivity contribution in [2.45, 2.75) is 26.5 Å². The van der Waals surface area contributed by atoms with Crippen LogP contribution in [-0.2, 0) is 6.54 Å². The number of benzene rings is 1. The molecular formula is C14H16ClFN4O. The zero-order valence-corrected chi connectivity index (χ0v) is 12.8. The molecule has 0 unspecified atom stereocenters. The Balaban J connectivity index is 2.16. The second-order valence-corrected chi connectivity index (χ2v) is 5.17. The van der Waals surface area contributed by atoms with Gasteiger partial charge in [0.2, 0.25) is 11.2 Å². The highest BCUT2D eigenvalue weighted by Crippen LogP contribution is 2.17. The van der Waals surface area contributed by atoms with Gasteiger partial charge < -0.3 is 9.64 Å². The molecule has 0 aliphatic rings. The van der Waals surface area contributed by atoms with Gasteiger partial charge in [0.05, 0.1) is 6.10 Å². The van der Waals surface area contributed by atoms with E-state index < -0.39 is 0 Å². The van der Waals surface area contributed by atoms with Gasteiger partial charge in [-0.2, -0.15) is 15.0 Å². The predicted octanol–water partition coefficient (Wildman–Crippen LogP) is 3.09. The molecule has 1 aromatic carbocycles. The Morgan fingerprint density at radius 3 is 2.48 bits per heavy atom. The zero-order valence-electron chi connectivity index (χ0n) is 12.0. The van der Waals surface area contributed by atoms with Crippen LogP contribution in [0.4, 0.5) is 10.3 Å². The van der Waals surface area contributed by atoms with Crippen LogP contribution in [0.3, 0.4) is 0 Å². The second-order valence-electron chi connectivity index (χ2n) is 4.84. The van der Waals surface area contributed by atoms with Crippen molar-refractivity contribution >= 4 is 17.5 Å². The highest BCUT2D eigenvalue weighted by Gasteiger charge is 2.12. The van der Waals surface area contributed by atoms with Crippen LogP contribution in [0.5, 0.6) is 6.01 Å². The van der Waals surface area contributed by atoms with Crippen LogP contribution in [0.1, 0.15) is 19.4 Å². The van der Waals surface area contributed by atoms with Gasteiger partial charge in [0, 0.05) is 13.6 Å². The molecule has 7 heteroatoms. The number of hydrogen-bond donors (Lipinski definition) is 0. The molecule has 0 radical (unpaired) electrons. The van der Waals surface area contributed by atoms with E-state index in [1.165, 1.54) is 12.1 Å². The largest absolute Gasteiger partial charge is 0.461 e. The van der Waals surface area contributed by atoms with Gasteiger partial charge >= 0.3 is 6.01 Å². The monoisotopic (exact) mass is 310 g/mol. The highest BCUT2D eigenvalue weighted by atomic mass is 35.5. The van der Waals surface area contributed by atoms with E-state index in [9.17, 15) is 4.39 Å². The Hall–Kier alpha value is -1.95. The highest BCUT2D eigenvalue weighted by molar-refractivity contribution is 6.28. The molecule has 0 aliphatic heterocycles. The summed E-state index contributed by atoms with van der Waals surface area (Å²) >= 11 is 5.88. The van der Waals surface area contributed by atoms with Crippen molar-refractivity contribution < 1.29 is 9.13 Å². The maximum atomic E-state index is 12.9. The lowest BCUT2D eigenvalue weighted by atomic mass is 10.2. The van der Waals surface area contributed by atoms with E-state index >= 15 is 0 Å². The van der Waals surface area contributed by atoms with Gasteiger partial charge in [-0.1, -0.05) is 12.1 Å². The van der Waals surface area contributed by atoms with Crippen LogP contribution in [-0.4, -0.2) is 28.1 Å². The van der Waals surface area contributed by atoms with Crippen LogP contribution in [0.15, 0.2) is 24.3 Å². The Bertz CT molecular complexity index is 606. The van der Waals surface area contributed by atoms with E-state index in [2.05, 4.69) is 15.0 Å². The first-order chi connectivity index (χ1) is 9.94. The first-order valence-electron chi connectivity index (χ1n) is 6.48. The lowest BCUT2D eigenvalue weighted by Gasteiger charge is -2.18.